The largest absolute Gasteiger partial charge is 0.478 e. The van der Waals surface area contributed by atoms with Crippen molar-refractivity contribution in [1.82, 2.24) is 4.90 Å². The lowest BCUT2D eigenvalue weighted by Crippen LogP contribution is -2.85. The van der Waals surface area contributed by atoms with Crippen LogP contribution < -0.4 is 4.90 Å². The number of hydrogen-bond donors (Lipinski definition) is 1. The molecule has 3 aromatic rings. The fourth-order valence-corrected chi connectivity index (χ4v) is 5.40. The molecule has 0 radical (unpaired) electrons. The van der Waals surface area contributed by atoms with Crippen molar-refractivity contribution >= 4 is 17.5 Å². The summed E-state index contributed by atoms with van der Waals surface area (Å²) < 4.78 is 454. The van der Waals surface area contributed by atoms with Crippen molar-refractivity contribution < 1.29 is 151 Å². The molecule has 362 valence electrons. The molecule has 0 amide bonds. The van der Waals surface area contributed by atoms with Crippen LogP contribution in [0, 0.1) is 69.8 Å². The highest BCUT2D eigenvalue weighted by Gasteiger charge is 2.92. The van der Waals surface area contributed by atoms with E-state index in [0.29, 0.717) is 0 Å². The van der Waals surface area contributed by atoms with Gasteiger partial charge >= 0.3 is 54.6 Å². The van der Waals surface area contributed by atoms with Crippen LogP contribution in [0.5, 0.6) is 0 Å². The second kappa shape index (κ2) is 15.2. The van der Waals surface area contributed by atoms with Crippen LogP contribution in [-0.4, -0.2) is 58.5 Å². The first kappa shape index (κ1) is 52.0. The third-order valence-corrected chi connectivity index (χ3v) is 8.15. The van der Waals surface area contributed by atoms with Crippen LogP contribution in [0.25, 0.3) is 17.0 Å². The molecule has 0 atom stereocenters. The molecule has 1 aliphatic heterocycles. The molecule has 0 aromatic heterocycles. The van der Waals surface area contributed by atoms with Crippen molar-refractivity contribution in [3.05, 3.63) is 92.3 Å². The van der Waals surface area contributed by atoms with Crippen LogP contribution in [-0.2, 0) is 10.8 Å². The van der Waals surface area contributed by atoms with Gasteiger partial charge in [0.25, 0.3) is 0 Å². The Labute approximate surface area is 331 Å². The predicted molar refractivity (Wildman–Crippen MR) is 139 cm³/mol. The first-order valence-corrected chi connectivity index (χ1v) is 14.8. The Morgan fingerprint density at radius 3 is 1.18 bits per heavy atom. The van der Waals surface area contributed by atoms with Crippen molar-refractivity contribution in [1.29, 1.82) is 0 Å². The van der Waals surface area contributed by atoms with E-state index in [1.54, 1.807) is 4.74 Å². The Kier molecular flexibility index (Phi) is 12.2. The van der Waals surface area contributed by atoms with Gasteiger partial charge in [0.1, 0.15) is 11.1 Å². The van der Waals surface area contributed by atoms with Gasteiger partial charge in [-0.1, -0.05) is 4.90 Å². The monoisotopic (exact) mass is 1010 g/mol. The van der Waals surface area contributed by atoms with Crippen LogP contribution in [0.3, 0.4) is 0 Å². The van der Waals surface area contributed by atoms with Gasteiger partial charge in [-0.25, -0.2) is 71.5 Å². The molecule has 65 heavy (non-hydrogen) atoms. The molecule has 3 aromatic carbocycles. The Morgan fingerprint density at radius 1 is 0.477 bits per heavy atom. The summed E-state index contributed by atoms with van der Waals surface area (Å²) in [5.74, 6) is -60.3. The molecule has 1 N–H and O–H groups in total. The molecule has 5 nitrogen and oxygen atoms in total. The summed E-state index contributed by atoms with van der Waals surface area (Å²) in [6, 6.07) is -44.2. The zero-order valence-electron chi connectivity index (χ0n) is 28.4. The molecule has 0 saturated carbocycles. The van der Waals surface area contributed by atoms with Crippen molar-refractivity contribution in [2.45, 2.75) is 48.6 Å². The summed E-state index contributed by atoms with van der Waals surface area (Å²) in [5, 5.41) is 9.27. The number of allylic oxidation sites excluding steroid dienone is 1. The maximum atomic E-state index is 15.7. The average molecular weight is 1010 g/mol. The van der Waals surface area contributed by atoms with E-state index in [-0.39, 0.29) is 0 Å². The first-order valence-electron chi connectivity index (χ1n) is 14.8. The summed E-state index contributed by atoms with van der Waals surface area (Å²) in [7, 11) is 0. The van der Waals surface area contributed by atoms with Crippen LogP contribution in [0.1, 0.15) is 21.5 Å². The zero-order chi connectivity index (χ0) is 51.0. The number of alkyl halides is 17. The van der Waals surface area contributed by atoms with E-state index in [1.807, 2.05) is 0 Å². The number of anilines is 1. The van der Waals surface area contributed by atoms with Gasteiger partial charge < -0.3 is 5.11 Å². The van der Waals surface area contributed by atoms with Crippen LogP contribution in [0.2, 0.25) is 0 Å². The topological polar surface area (TPSA) is 53.0 Å². The van der Waals surface area contributed by atoms with Crippen LogP contribution in [0.4, 0.5) is 142 Å². The number of rotatable bonds is 9. The SMILES string of the molecule is O=C(O)c1c(F)c(F)c(N2C(F)(F)C(F)(F)N(C(F)(F)C(F)(F)OC(F)(F)c3c(F)c(F)c(F)c(F)c3F)C(F)(F)C2(F)F)c(C(F)=C(F)C(F)(F)F)c1-c1c(F)c(F)c(F)c(F)c1F. The van der Waals surface area contributed by atoms with E-state index < -0.39 is 179 Å². The predicted octanol–water partition coefficient (Wildman–Crippen LogP) is 12.3. The minimum atomic E-state index is -8.96. The molecule has 0 bridgehead atoms. The molecular weight excluding hydrogens is 1010 g/mol. The molecule has 0 aliphatic carbocycles. The number of carbonyl (C=O) groups is 1. The third kappa shape index (κ3) is 7.14. The number of aromatic carboxylic acids is 1. The number of ether oxygens (including phenoxy) is 1. The van der Waals surface area contributed by atoms with Crippen molar-refractivity contribution in [3.63, 3.8) is 0 Å². The molecule has 0 spiro atoms. The average Bonchev–Trinajstić information content (AvgIpc) is 3.14. The second-order valence-corrected chi connectivity index (χ2v) is 11.9. The first-order chi connectivity index (χ1) is 28.9. The van der Waals surface area contributed by atoms with Gasteiger partial charge in [-0.05, 0) is 0 Å². The smallest absolute Gasteiger partial charge is 0.445 e. The Bertz CT molecular complexity index is 2460. The molecule has 36 heteroatoms. The maximum absolute atomic E-state index is 15.7. The quantitative estimate of drug-likeness (QED) is 0.100. The molecular formula is C29HF31N2O3. The van der Waals surface area contributed by atoms with Crippen LogP contribution >= 0.6 is 0 Å². The minimum absolute atomic E-state index is 1.68. The summed E-state index contributed by atoms with van der Waals surface area (Å²) in [5.41, 5.74) is -24.9. The van der Waals surface area contributed by atoms with Gasteiger partial charge in [0.05, 0.1) is 11.3 Å². The normalized spacial score (nSPS) is 18.3. The summed E-state index contributed by atoms with van der Waals surface area (Å²) in [6.07, 6.45) is -23.4. The van der Waals surface area contributed by atoms with E-state index in [4.69, 9.17) is 0 Å². The Morgan fingerprint density at radius 2 is 0.831 bits per heavy atom. The maximum Gasteiger partial charge on any atom is 0.445 e. The van der Waals surface area contributed by atoms with Gasteiger partial charge in [0, 0.05) is 11.1 Å². The number of piperazine rings is 1. The van der Waals surface area contributed by atoms with Crippen LogP contribution in [0.15, 0.2) is 5.83 Å². The highest BCUT2D eigenvalue weighted by molar-refractivity contribution is 6.03. The molecule has 1 heterocycles. The van der Waals surface area contributed by atoms with Gasteiger partial charge in [-0.3, -0.25) is 0 Å². The number of hydrogen-bond acceptors (Lipinski definition) is 4. The van der Waals surface area contributed by atoms with E-state index in [9.17, 15) is 88.9 Å². The zero-order valence-corrected chi connectivity index (χ0v) is 28.4. The highest BCUT2D eigenvalue weighted by atomic mass is 19.4. The van der Waals surface area contributed by atoms with Gasteiger partial charge in [-0.2, -0.15) is 79.0 Å². The molecule has 0 unspecified atom stereocenters. The fraction of sp³-hybridized carbons (Fsp3) is 0.276. The van der Waals surface area contributed by atoms with Gasteiger partial charge in [0.15, 0.2) is 64.0 Å². The van der Waals surface area contributed by atoms with E-state index in [1.165, 1.54) is 0 Å². The number of nitrogens with zero attached hydrogens (tertiary/aromatic N) is 2. The Balaban J connectivity index is 2.23. The molecule has 4 rings (SSSR count). The van der Waals surface area contributed by atoms with Crippen molar-refractivity contribution in [3.8, 4) is 11.1 Å². The van der Waals surface area contributed by atoms with E-state index in [2.05, 4.69) is 0 Å². The summed E-state index contributed by atoms with van der Waals surface area (Å²) in [4.78, 5) is 2.52. The summed E-state index contributed by atoms with van der Waals surface area (Å²) in [6.45, 7) is 0. The van der Waals surface area contributed by atoms with Gasteiger partial charge in [-0.15, -0.1) is 0 Å². The number of benzene rings is 3. The highest BCUT2D eigenvalue weighted by Crippen LogP contribution is 2.65. The van der Waals surface area contributed by atoms with E-state index in [0.717, 1.165) is 0 Å². The number of halogens is 31. The van der Waals surface area contributed by atoms with E-state index >= 15 is 57.1 Å². The lowest BCUT2D eigenvalue weighted by atomic mass is 9.88. The van der Waals surface area contributed by atoms with Gasteiger partial charge in [0.2, 0.25) is 17.5 Å². The molecule has 1 aliphatic rings. The Hall–Kier alpha value is -5.58. The van der Waals surface area contributed by atoms with Crippen molar-refractivity contribution in [2.24, 2.45) is 0 Å². The second-order valence-electron chi connectivity index (χ2n) is 11.9. The number of carboxylic acid groups (broad SMARTS) is 1. The lowest BCUT2D eigenvalue weighted by Gasteiger charge is -2.55. The lowest BCUT2D eigenvalue weighted by molar-refractivity contribution is -0.538. The fourth-order valence-electron chi connectivity index (χ4n) is 5.40. The third-order valence-electron chi connectivity index (χ3n) is 8.15. The standard InChI is InChI=1S/C29HF31N2O3/c30-6-2(7(31)13(37)16(40)12(6)36)1-3(9(33)20(43)22(44,45)46)19(18(42)8(32)4(1)21(63)64)61-24(49,50)26(53,54)62(27(55,56)25(61,51)52)28(57,58)29(59,60)65-23(47,48)5-10(34)14(38)17(41)15(39)11(5)35/h(H,63,64). The molecule has 1 fully saturated rings. The summed E-state index contributed by atoms with van der Waals surface area (Å²) >= 11 is 0. The van der Waals surface area contributed by atoms with Crippen molar-refractivity contribution in [2.75, 3.05) is 4.90 Å². The number of carboxylic acids is 1. The molecule has 1 saturated heterocycles. The minimum Gasteiger partial charge on any atom is -0.478 e.